The van der Waals surface area contributed by atoms with Gasteiger partial charge in [-0.25, -0.2) is 8.42 Å². The molecule has 0 amide bonds. The maximum absolute atomic E-state index is 11.6. The van der Waals surface area contributed by atoms with Crippen molar-refractivity contribution < 1.29 is 52.0 Å². The van der Waals surface area contributed by atoms with Crippen molar-refractivity contribution in [3.8, 4) is 11.5 Å². The van der Waals surface area contributed by atoms with Gasteiger partial charge in [-0.05, 0) is 34.4 Å². The van der Waals surface area contributed by atoms with Crippen LogP contribution in [-0.4, -0.2) is 27.2 Å². The third-order valence-electron chi connectivity index (χ3n) is 3.55. The van der Waals surface area contributed by atoms with Gasteiger partial charge in [-0.15, -0.1) is 0 Å². The first-order valence-electron chi connectivity index (χ1n) is 6.49. The number of hydrogen-bond donors (Lipinski definition) is 0. The largest absolute Gasteiger partial charge is 1.00 e. The second-order valence-electron chi connectivity index (χ2n) is 4.82. The molecule has 0 bridgehead atoms. The van der Waals surface area contributed by atoms with E-state index < -0.39 is 15.0 Å². The van der Waals surface area contributed by atoms with Gasteiger partial charge in [-0.3, -0.25) is 0 Å². The maximum atomic E-state index is 11.6. The van der Waals surface area contributed by atoms with Crippen LogP contribution in [0.15, 0.2) is 47.4 Å². The summed E-state index contributed by atoms with van der Waals surface area (Å²) >= 11 is 0. The van der Waals surface area contributed by atoms with E-state index in [0.717, 1.165) is 16.2 Å². The smallest absolute Gasteiger partial charge is 0.744 e. The van der Waals surface area contributed by atoms with Gasteiger partial charge in [0.1, 0.15) is 26.5 Å². The minimum absolute atomic E-state index is 0. The van der Waals surface area contributed by atoms with E-state index in [1.165, 1.54) is 20.3 Å². The van der Waals surface area contributed by atoms with Crippen LogP contribution in [0.5, 0.6) is 11.5 Å². The summed E-state index contributed by atoms with van der Waals surface area (Å²) in [6, 6.07) is 12.9. The monoisotopic (exact) mass is 340 g/mol. The summed E-state index contributed by atoms with van der Waals surface area (Å²) in [5.41, 5.74) is 0. The summed E-state index contributed by atoms with van der Waals surface area (Å²) in [6.45, 7) is 0. The molecular formula is C16H13NaO5S. The topological polar surface area (TPSA) is 75.7 Å². The number of ether oxygens (including phenoxy) is 2. The van der Waals surface area contributed by atoms with Gasteiger partial charge in [0.2, 0.25) is 0 Å². The average Bonchev–Trinajstić information content (AvgIpc) is 2.49. The number of rotatable bonds is 3. The molecule has 0 atom stereocenters. The van der Waals surface area contributed by atoms with Crippen LogP contribution in [0.4, 0.5) is 0 Å². The average molecular weight is 340 g/mol. The number of benzene rings is 3. The Balaban J connectivity index is 0.00000192. The van der Waals surface area contributed by atoms with Gasteiger partial charge >= 0.3 is 29.6 Å². The summed E-state index contributed by atoms with van der Waals surface area (Å²) in [4.78, 5) is -0.472. The molecule has 0 N–H and O–H groups in total. The molecule has 0 unspecified atom stereocenters. The SMILES string of the molecule is COc1cc2cc3ccccc3cc2c(OC)c1S(=O)(=O)[O-].[Na+]. The molecule has 0 heterocycles. The third-order valence-corrected chi connectivity index (χ3v) is 4.44. The summed E-state index contributed by atoms with van der Waals surface area (Å²) < 4.78 is 45.0. The van der Waals surface area contributed by atoms with E-state index in [1.807, 2.05) is 30.3 Å². The molecule has 5 nitrogen and oxygen atoms in total. The summed E-state index contributed by atoms with van der Waals surface area (Å²) in [6.07, 6.45) is 0. The molecule has 3 rings (SSSR count). The molecule has 0 aliphatic rings. The van der Waals surface area contributed by atoms with E-state index in [2.05, 4.69) is 0 Å². The fourth-order valence-electron chi connectivity index (χ4n) is 2.61. The molecule has 0 fully saturated rings. The van der Waals surface area contributed by atoms with E-state index in [-0.39, 0.29) is 41.1 Å². The molecule has 23 heavy (non-hydrogen) atoms. The van der Waals surface area contributed by atoms with Crippen LogP contribution in [0.25, 0.3) is 21.5 Å². The molecule has 0 aliphatic heterocycles. The summed E-state index contributed by atoms with van der Waals surface area (Å²) in [7, 11) is -2.09. The van der Waals surface area contributed by atoms with E-state index >= 15 is 0 Å². The summed E-state index contributed by atoms with van der Waals surface area (Å²) in [5, 5.41) is 3.21. The molecule has 0 aliphatic carbocycles. The summed E-state index contributed by atoms with van der Waals surface area (Å²) in [5.74, 6) is -0.00951. The molecular weight excluding hydrogens is 327 g/mol. The molecule has 3 aromatic carbocycles. The first kappa shape index (κ1) is 18.0. The minimum Gasteiger partial charge on any atom is -0.744 e. The first-order valence-corrected chi connectivity index (χ1v) is 7.90. The standard InChI is InChI=1S/C16H14O5S.Na/c1-20-14-9-12-7-10-5-3-4-6-11(10)8-13(12)15(21-2)16(14)22(17,18)19;/h3-9H,1-2H3,(H,17,18,19);/q;+1/p-1. The fourth-order valence-corrected chi connectivity index (χ4v) is 3.41. The van der Waals surface area contributed by atoms with E-state index in [9.17, 15) is 13.0 Å². The van der Waals surface area contributed by atoms with Crippen molar-refractivity contribution in [2.24, 2.45) is 0 Å². The Kier molecular flexibility index (Phi) is 5.23. The van der Waals surface area contributed by atoms with Crippen molar-refractivity contribution in [2.45, 2.75) is 4.90 Å². The van der Waals surface area contributed by atoms with Gasteiger partial charge in [-0.1, -0.05) is 24.3 Å². The number of fused-ring (bicyclic) bond motifs is 2. The fraction of sp³-hybridized carbons (Fsp3) is 0.125. The number of methoxy groups -OCH3 is 2. The zero-order chi connectivity index (χ0) is 15.9. The normalized spacial score (nSPS) is 11.3. The van der Waals surface area contributed by atoms with Gasteiger partial charge in [0.05, 0.1) is 14.2 Å². The maximum Gasteiger partial charge on any atom is 1.00 e. The van der Waals surface area contributed by atoms with Crippen LogP contribution < -0.4 is 39.0 Å². The molecule has 0 radical (unpaired) electrons. The minimum atomic E-state index is -4.73. The van der Waals surface area contributed by atoms with E-state index in [0.29, 0.717) is 5.39 Å². The van der Waals surface area contributed by atoms with Crippen LogP contribution in [0, 0.1) is 0 Å². The zero-order valence-electron chi connectivity index (χ0n) is 13.0. The third kappa shape index (κ3) is 3.18. The molecule has 7 heteroatoms. The van der Waals surface area contributed by atoms with Crippen molar-refractivity contribution in [1.29, 1.82) is 0 Å². The van der Waals surface area contributed by atoms with Crippen molar-refractivity contribution in [1.82, 2.24) is 0 Å². The Bertz CT molecular complexity index is 983. The first-order chi connectivity index (χ1) is 10.5. The van der Waals surface area contributed by atoms with Gasteiger partial charge in [-0.2, -0.15) is 0 Å². The van der Waals surface area contributed by atoms with Crippen LogP contribution in [-0.2, 0) is 10.1 Å². The molecule has 0 saturated heterocycles. The van der Waals surface area contributed by atoms with Crippen LogP contribution in [0.2, 0.25) is 0 Å². The zero-order valence-corrected chi connectivity index (χ0v) is 15.8. The molecule has 0 saturated carbocycles. The van der Waals surface area contributed by atoms with Gasteiger partial charge in [0, 0.05) is 5.39 Å². The van der Waals surface area contributed by atoms with Crippen LogP contribution >= 0.6 is 0 Å². The van der Waals surface area contributed by atoms with Crippen LogP contribution in [0.3, 0.4) is 0 Å². The van der Waals surface area contributed by atoms with Gasteiger partial charge in [0.25, 0.3) is 0 Å². The van der Waals surface area contributed by atoms with Gasteiger partial charge < -0.3 is 14.0 Å². The Morgan fingerprint density at radius 1 is 0.913 bits per heavy atom. The van der Waals surface area contributed by atoms with Gasteiger partial charge in [0.15, 0.2) is 0 Å². The van der Waals surface area contributed by atoms with Crippen molar-refractivity contribution >= 4 is 31.7 Å². The van der Waals surface area contributed by atoms with E-state index in [4.69, 9.17) is 9.47 Å². The van der Waals surface area contributed by atoms with Crippen molar-refractivity contribution in [3.63, 3.8) is 0 Å². The molecule has 3 aromatic rings. The van der Waals surface area contributed by atoms with Crippen LogP contribution in [0.1, 0.15) is 0 Å². The van der Waals surface area contributed by atoms with Crippen molar-refractivity contribution in [2.75, 3.05) is 14.2 Å². The predicted octanol–water partition coefficient (Wildman–Crippen LogP) is -0.0817. The Labute approximate surface area is 156 Å². The Hall–Kier alpha value is -1.31. The molecule has 114 valence electrons. The second kappa shape index (κ2) is 6.67. The molecule has 0 spiro atoms. The number of hydrogen-bond acceptors (Lipinski definition) is 5. The Morgan fingerprint density at radius 2 is 1.52 bits per heavy atom. The van der Waals surface area contributed by atoms with Crippen molar-refractivity contribution in [3.05, 3.63) is 42.5 Å². The predicted molar refractivity (Wildman–Crippen MR) is 82.5 cm³/mol. The Morgan fingerprint density at radius 3 is 2.04 bits per heavy atom. The van der Waals surface area contributed by atoms with E-state index in [1.54, 1.807) is 6.07 Å². The molecule has 0 aromatic heterocycles. The second-order valence-corrected chi connectivity index (χ2v) is 6.13. The quantitative estimate of drug-likeness (QED) is 0.379.